The van der Waals surface area contributed by atoms with Crippen LogP contribution >= 0.6 is 0 Å². The van der Waals surface area contributed by atoms with Gasteiger partial charge in [0.25, 0.3) is 0 Å². The highest BCUT2D eigenvalue weighted by atomic mass is 16.6. The lowest BCUT2D eigenvalue weighted by Gasteiger charge is -2.37. The predicted molar refractivity (Wildman–Crippen MR) is 135 cm³/mol. The van der Waals surface area contributed by atoms with Crippen LogP contribution in [0, 0.1) is 11.8 Å². The highest BCUT2D eigenvalue weighted by Gasteiger charge is 2.79. The van der Waals surface area contributed by atoms with Gasteiger partial charge in [0.05, 0.1) is 37.9 Å². The number of amides is 2. The van der Waals surface area contributed by atoms with Crippen LogP contribution in [0.3, 0.4) is 0 Å². The van der Waals surface area contributed by atoms with Gasteiger partial charge in [0.2, 0.25) is 11.8 Å². The molecular formula is C27H41N3O7. The van der Waals surface area contributed by atoms with E-state index in [-0.39, 0.29) is 31.6 Å². The summed E-state index contributed by atoms with van der Waals surface area (Å²) in [5.74, 6) is -2.62. The SMILES string of the molecule is C=CCCOC(=O)[C@@H]1[C@H]2C(=O)N(CCO)C(C(=O)N(CC=C)CCN3CCOCC3)C23CC[C@@]1(CC)O3. The Morgan fingerprint density at radius 2 is 1.97 bits per heavy atom. The summed E-state index contributed by atoms with van der Waals surface area (Å²) in [7, 11) is 0. The zero-order valence-electron chi connectivity index (χ0n) is 21.9. The predicted octanol–water partition coefficient (Wildman–Crippen LogP) is 0.600. The van der Waals surface area contributed by atoms with Gasteiger partial charge in [-0.2, -0.15) is 0 Å². The fourth-order valence-corrected chi connectivity index (χ4v) is 6.74. The molecule has 37 heavy (non-hydrogen) atoms. The Balaban J connectivity index is 1.63. The smallest absolute Gasteiger partial charge is 0.312 e. The second-order valence-corrected chi connectivity index (χ2v) is 10.4. The Labute approximate surface area is 219 Å². The van der Waals surface area contributed by atoms with Gasteiger partial charge in [-0.15, -0.1) is 13.2 Å². The number of rotatable bonds is 13. The lowest BCUT2D eigenvalue weighted by atomic mass is 9.65. The van der Waals surface area contributed by atoms with Crippen molar-refractivity contribution in [3.05, 3.63) is 25.3 Å². The summed E-state index contributed by atoms with van der Waals surface area (Å²) in [4.78, 5) is 46.8. The highest BCUT2D eigenvalue weighted by Crippen LogP contribution is 2.64. The van der Waals surface area contributed by atoms with Crippen LogP contribution in [0.5, 0.6) is 0 Å². The standard InChI is InChI=1S/C27H41N3O7/c1-4-7-17-36-25(34)21-20-23(32)30(13-16-31)22(27(20)9-8-26(21,6-3)37-27)24(33)29(10-5-2)12-11-28-14-18-35-19-15-28/h4-5,20-22,31H,1-2,6-19H2,3H3/t20-,21-,22?,26+,27?/m0/s1. The molecule has 0 saturated carbocycles. The van der Waals surface area contributed by atoms with Crippen molar-refractivity contribution in [1.29, 1.82) is 0 Å². The summed E-state index contributed by atoms with van der Waals surface area (Å²) in [6.45, 7) is 13.8. The number of carbonyl (C=O) groups excluding carboxylic acids is 3. The number of hydrogen-bond donors (Lipinski definition) is 1. The Bertz CT molecular complexity index is 891. The second kappa shape index (κ2) is 11.6. The minimum Gasteiger partial charge on any atom is -0.465 e. The topological polar surface area (TPSA) is 109 Å². The van der Waals surface area contributed by atoms with E-state index in [4.69, 9.17) is 14.2 Å². The van der Waals surface area contributed by atoms with E-state index in [1.807, 2.05) is 6.92 Å². The molecule has 0 aliphatic carbocycles. The fraction of sp³-hybridized carbons (Fsp3) is 0.741. The van der Waals surface area contributed by atoms with Crippen LogP contribution in [0.1, 0.15) is 32.6 Å². The zero-order valence-corrected chi connectivity index (χ0v) is 21.9. The van der Waals surface area contributed by atoms with E-state index in [9.17, 15) is 19.5 Å². The second-order valence-electron chi connectivity index (χ2n) is 10.4. The zero-order chi connectivity index (χ0) is 26.6. The Morgan fingerprint density at radius 3 is 2.62 bits per heavy atom. The number of aliphatic hydroxyl groups is 1. The van der Waals surface area contributed by atoms with Crippen molar-refractivity contribution in [3.63, 3.8) is 0 Å². The van der Waals surface area contributed by atoms with Crippen molar-refractivity contribution in [2.75, 3.05) is 65.7 Å². The van der Waals surface area contributed by atoms with Crippen molar-refractivity contribution in [1.82, 2.24) is 14.7 Å². The van der Waals surface area contributed by atoms with Crippen molar-refractivity contribution in [2.45, 2.75) is 49.9 Å². The normalized spacial score (nSPS) is 32.9. The van der Waals surface area contributed by atoms with Crippen molar-refractivity contribution < 1.29 is 33.7 Å². The molecule has 0 aromatic heterocycles. The third-order valence-electron chi connectivity index (χ3n) is 8.53. The molecule has 2 bridgehead atoms. The third-order valence-corrected chi connectivity index (χ3v) is 8.53. The van der Waals surface area contributed by atoms with Crippen molar-refractivity contribution in [3.8, 4) is 0 Å². The van der Waals surface area contributed by atoms with Gasteiger partial charge in [0.15, 0.2) is 0 Å². The Morgan fingerprint density at radius 1 is 1.22 bits per heavy atom. The largest absolute Gasteiger partial charge is 0.465 e. The van der Waals surface area contributed by atoms with Gasteiger partial charge in [-0.3, -0.25) is 19.3 Å². The van der Waals surface area contributed by atoms with Gasteiger partial charge in [-0.05, 0) is 25.7 Å². The maximum absolute atomic E-state index is 14.2. The van der Waals surface area contributed by atoms with Gasteiger partial charge in [-0.25, -0.2) is 0 Å². The number of ether oxygens (including phenoxy) is 3. The van der Waals surface area contributed by atoms with Crippen LogP contribution in [0.25, 0.3) is 0 Å². The number of fused-ring (bicyclic) bond motifs is 1. The van der Waals surface area contributed by atoms with Gasteiger partial charge < -0.3 is 29.1 Å². The molecule has 4 aliphatic rings. The number of aliphatic hydroxyl groups excluding tert-OH is 1. The molecule has 1 spiro atoms. The molecule has 4 fully saturated rings. The average Bonchev–Trinajstić information content (AvgIpc) is 3.51. The van der Waals surface area contributed by atoms with Gasteiger partial charge >= 0.3 is 5.97 Å². The van der Waals surface area contributed by atoms with E-state index in [2.05, 4.69) is 18.1 Å². The van der Waals surface area contributed by atoms with E-state index in [0.29, 0.717) is 58.5 Å². The molecule has 2 unspecified atom stereocenters. The number of β-amino-alcohol motifs (C(OH)–C–C–N with tert-alkyl or cyclic N) is 1. The number of nitrogens with zero attached hydrogens (tertiary/aromatic N) is 3. The van der Waals surface area contributed by atoms with Gasteiger partial charge in [-0.1, -0.05) is 19.1 Å². The number of likely N-dealkylation sites (tertiary alicyclic amines) is 1. The van der Waals surface area contributed by atoms with Crippen LogP contribution in [0.15, 0.2) is 25.3 Å². The molecule has 4 rings (SSSR count). The lowest BCUT2D eigenvalue weighted by Crippen LogP contribution is -2.57. The minimum atomic E-state index is -1.13. The molecule has 0 radical (unpaired) electrons. The molecule has 4 heterocycles. The quantitative estimate of drug-likeness (QED) is 0.214. The maximum Gasteiger partial charge on any atom is 0.312 e. The van der Waals surface area contributed by atoms with Crippen molar-refractivity contribution >= 4 is 17.8 Å². The summed E-state index contributed by atoms with van der Waals surface area (Å²) in [5.41, 5.74) is -1.97. The number of morpholine rings is 1. The number of carbonyl (C=O) groups is 3. The molecule has 10 nitrogen and oxygen atoms in total. The molecule has 5 atom stereocenters. The van der Waals surface area contributed by atoms with E-state index < -0.39 is 35.0 Å². The van der Waals surface area contributed by atoms with Crippen molar-refractivity contribution in [2.24, 2.45) is 11.8 Å². The van der Waals surface area contributed by atoms with E-state index in [0.717, 1.165) is 13.1 Å². The van der Waals surface area contributed by atoms with Crippen LogP contribution in [0.2, 0.25) is 0 Å². The Hall–Kier alpha value is -2.27. The first-order chi connectivity index (χ1) is 17.9. The minimum absolute atomic E-state index is 0.000397. The first kappa shape index (κ1) is 27.8. The molecule has 206 valence electrons. The molecule has 2 amide bonds. The molecular weight excluding hydrogens is 478 g/mol. The van der Waals surface area contributed by atoms with E-state index in [1.54, 1.807) is 17.1 Å². The highest BCUT2D eigenvalue weighted by molar-refractivity contribution is 5.98. The summed E-state index contributed by atoms with van der Waals surface area (Å²) in [6.07, 6.45) is 5.47. The molecule has 1 N–H and O–H groups in total. The number of esters is 1. The third kappa shape index (κ3) is 4.84. The van der Waals surface area contributed by atoms with E-state index in [1.165, 1.54) is 4.90 Å². The molecule has 4 aliphatic heterocycles. The first-order valence-corrected chi connectivity index (χ1v) is 13.5. The summed E-state index contributed by atoms with van der Waals surface area (Å²) in [5, 5.41) is 9.81. The van der Waals surface area contributed by atoms with Gasteiger partial charge in [0, 0.05) is 39.3 Å². The monoisotopic (exact) mass is 519 g/mol. The average molecular weight is 520 g/mol. The number of hydrogen-bond acceptors (Lipinski definition) is 8. The molecule has 0 aromatic rings. The maximum atomic E-state index is 14.2. The van der Waals surface area contributed by atoms with Gasteiger partial charge in [0.1, 0.15) is 17.6 Å². The van der Waals surface area contributed by atoms with Crippen LogP contribution in [-0.4, -0.2) is 121 Å². The summed E-state index contributed by atoms with van der Waals surface area (Å²) < 4.78 is 17.7. The first-order valence-electron chi connectivity index (χ1n) is 13.5. The van der Waals surface area contributed by atoms with Crippen LogP contribution in [-0.2, 0) is 28.6 Å². The summed E-state index contributed by atoms with van der Waals surface area (Å²) in [6, 6.07) is -0.916. The fourth-order valence-electron chi connectivity index (χ4n) is 6.74. The van der Waals surface area contributed by atoms with Crippen LogP contribution in [0.4, 0.5) is 0 Å². The summed E-state index contributed by atoms with van der Waals surface area (Å²) >= 11 is 0. The molecule has 10 heteroatoms. The van der Waals surface area contributed by atoms with Crippen LogP contribution < -0.4 is 0 Å². The molecule has 0 aromatic carbocycles. The lowest BCUT2D eigenvalue weighted by molar-refractivity contribution is -0.162. The Kier molecular flexibility index (Phi) is 8.73. The van der Waals surface area contributed by atoms with E-state index >= 15 is 0 Å². The molecule has 4 saturated heterocycles.